The van der Waals surface area contributed by atoms with Crippen molar-refractivity contribution in [1.82, 2.24) is 10.2 Å². The molecule has 128 valence electrons. The average Bonchev–Trinajstić information content (AvgIpc) is 3.06. The summed E-state index contributed by atoms with van der Waals surface area (Å²) in [6.07, 6.45) is 1.33. The molecule has 0 radical (unpaired) electrons. The largest absolute Gasteiger partial charge is 0.454 e. The van der Waals surface area contributed by atoms with Crippen molar-refractivity contribution in [3.8, 4) is 17.6 Å². The third-order valence-corrected chi connectivity index (χ3v) is 3.37. The van der Waals surface area contributed by atoms with E-state index in [1.807, 2.05) is 18.2 Å². The van der Waals surface area contributed by atoms with Gasteiger partial charge in [-0.2, -0.15) is 5.26 Å². The van der Waals surface area contributed by atoms with Crippen LogP contribution in [0.25, 0.3) is 0 Å². The zero-order valence-electron chi connectivity index (χ0n) is 13.1. The maximum atomic E-state index is 12.2. The second-order valence-electron chi connectivity index (χ2n) is 4.98. The topological polar surface area (TPSA) is 115 Å². The Balaban J connectivity index is 1.97. The Hall–Kier alpha value is -2.76. The standard InChI is InChI=1S/C16H19N3O5/c17-8-13(16(22)19(3-5-20)4-6-21)10-18-9-12-1-2-14-15(7-12)24-11-23-14/h1-2,7,10,18,20-21H,3-6,9,11H2/b13-10-. The molecule has 1 aromatic carbocycles. The van der Waals surface area contributed by atoms with E-state index in [2.05, 4.69) is 5.32 Å². The zero-order chi connectivity index (χ0) is 17.4. The number of aliphatic hydroxyl groups is 2. The lowest BCUT2D eigenvalue weighted by Gasteiger charge is -2.20. The summed E-state index contributed by atoms with van der Waals surface area (Å²) in [6.45, 7) is 0.227. The molecule has 8 nitrogen and oxygen atoms in total. The van der Waals surface area contributed by atoms with Gasteiger partial charge in [0.1, 0.15) is 11.6 Å². The summed E-state index contributed by atoms with van der Waals surface area (Å²) < 4.78 is 10.5. The molecular weight excluding hydrogens is 314 g/mol. The van der Waals surface area contributed by atoms with Crippen LogP contribution in [0, 0.1) is 11.3 Å². The maximum Gasteiger partial charge on any atom is 0.266 e. The Labute approximate surface area is 139 Å². The number of carbonyl (C=O) groups excluding carboxylic acids is 1. The van der Waals surface area contributed by atoms with Crippen LogP contribution >= 0.6 is 0 Å². The molecular formula is C16H19N3O5. The van der Waals surface area contributed by atoms with Gasteiger partial charge in [-0.1, -0.05) is 6.07 Å². The van der Waals surface area contributed by atoms with Gasteiger partial charge in [-0.25, -0.2) is 0 Å². The molecule has 24 heavy (non-hydrogen) atoms. The molecule has 3 N–H and O–H groups in total. The van der Waals surface area contributed by atoms with Crippen molar-refractivity contribution >= 4 is 5.91 Å². The molecule has 1 aliphatic rings. The number of benzene rings is 1. The average molecular weight is 333 g/mol. The van der Waals surface area contributed by atoms with Crippen LogP contribution in [0.1, 0.15) is 5.56 Å². The molecule has 0 fully saturated rings. The van der Waals surface area contributed by atoms with E-state index in [-0.39, 0.29) is 38.7 Å². The summed E-state index contributed by atoms with van der Waals surface area (Å²) in [6, 6.07) is 7.30. The molecule has 0 aromatic heterocycles. The van der Waals surface area contributed by atoms with Crippen molar-refractivity contribution in [3.63, 3.8) is 0 Å². The van der Waals surface area contributed by atoms with Crippen molar-refractivity contribution in [1.29, 1.82) is 5.26 Å². The Morgan fingerprint density at radius 3 is 2.67 bits per heavy atom. The normalized spacial score (nSPS) is 12.6. The van der Waals surface area contributed by atoms with Gasteiger partial charge >= 0.3 is 0 Å². The number of hydrogen-bond donors (Lipinski definition) is 3. The quantitative estimate of drug-likeness (QED) is 0.443. The van der Waals surface area contributed by atoms with Crippen molar-refractivity contribution < 1.29 is 24.5 Å². The van der Waals surface area contributed by atoms with Crippen molar-refractivity contribution in [2.24, 2.45) is 0 Å². The lowest BCUT2D eigenvalue weighted by Crippen LogP contribution is -2.37. The highest BCUT2D eigenvalue weighted by molar-refractivity contribution is 5.97. The minimum Gasteiger partial charge on any atom is -0.454 e. The second-order valence-corrected chi connectivity index (χ2v) is 4.98. The number of ether oxygens (including phenoxy) is 2. The fraction of sp³-hybridized carbons (Fsp3) is 0.375. The monoisotopic (exact) mass is 333 g/mol. The van der Waals surface area contributed by atoms with Gasteiger partial charge in [0.25, 0.3) is 5.91 Å². The van der Waals surface area contributed by atoms with Crippen LogP contribution in [0.15, 0.2) is 30.0 Å². The first-order chi connectivity index (χ1) is 11.7. The molecule has 0 saturated heterocycles. The third-order valence-electron chi connectivity index (χ3n) is 3.37. The van der Waals surface area contributed by atoms with E-state index in [9.17, 15) is 4.79 Å². The Morgan fingerprint density at radius 1 is 1.29 bits per heavy atom. The first kappa shape index (κ1) is 17.6. The minimum atomic E-state index is -0.543. The van der Waals surface area contributed by atoms with E-state index in [0.717, 1.165) is 5.56 Å². The molecule has 1 aromatic rings. The van der Waals surface area contributed by atoms with Crippen LogP contribution in [-0.2, 0) is 11.3 Å². The first-order valence-electron chi connectivity index (χ1n) is 7.42. The number of hydrogen-bond acceptors (Lipinski definition) is 7. The number of nitrogens with zero attached hydrogens (tertiary/aromatic N) is 2. The molecule has 1 amide bonds. The summed E-state index contributed by atoms with van der Waals surface area (Å²) in [5.41, 5.74) is 0.806. The number of carbonyl (C=O) groups is 1. The van der Waals surface area contributed by atoms with E-state index in [4.69, 9.17) is 24.9 Å². The van der Waals surface area contributed by atoms with Gasteiger partial charge in [-0.05, 0) is 17.7 Å². The lowest BCUT2D eigenvalue weighted by atomic mass is 10.2. The Bertz CT molecular complexity index is 648. The van der Waals surface area contributed by atoms with Gasteiger partial charge in [0.2, 0.25) is 6.79 Å². The zero-order valence-corrected chi connectivity index (χ0v) is 13.1. The van der Waals surface area contributed by atoms with Gasteiger partial charge < -0.3 is 29.9 Å². The summed E-state index contributed by atoms with van der Waals surface area (Å²) in [7, 11) is 0. The number of amides is 1. The second kappa shape index (κ2) is 8.76. The highest BCUT2D eigenvalue weighted by atomic mass is 16.7. The van der Waals surface area contributed by atoms with Gasteiger partial charge in [-0.3, -0.25) is 4.79 Å². The van der Waals surface area contributed by atoms with E-state index in [1.165, 1.54) is 11.1 Å². The van der Waals surface area contributed by atoms with Gasteiger partial charge in [0.05, 0.1) is 13.2 Å². The molecule has 0 atom stereocenters. The van der Waals surface area contributed by atoms with Crippen molar-refractivity contribution in [2.75, 3.05) is 33.1 Å². The number of aliphatic hydroxyl groups excluding tert-OH is 2. The first-order valence-corrected chi connectivity index (χ1v) is 7.42. The summed E-state index contributed by atoms with van der Waals surface area (Å²) in [4.78, 5) is 13.4. The molecule has 0 saturated carbocycles. The van der Waals surface area contributed by atoms with E-state index >= 15 is 0 Å². The number of rotatable bonds is 8. The van der Waals surface area contributed by atoms with Crippen molar-refractivity contribution in [2.45, 2.75) is 6.54 Å². The lowest BCUT2D eigenvalue weighted by molar-refractivity contribution is -0.127. The van der Waals surface area contributed by atoms with Crippen LogP contribution in [0.4, 0.5) is 0 Å². The molecule has 1 aliphatic heterocycles. The molecule has 1 heterocycles. The summed E-state index contributed by atoms with van der Waals surface area (Å²) in [5, 5.41) is 30.0. The maximum absolute atomic E-state index is 12.2. The third kappa shape index (κ3) is 4.38. The van der Waals surface area contributed by atoms with Crippen LogP contribution in [0.3, 0.4) is 0 Å². The molecule has 8 heteroatoms. The van der Waals surface area contributed by atoms with Gasteiger partial charge in [-0.15, -0.1) is 0 Å². The predicted octanol–water partition coefficient (Wildman–Crippen LogP) is -0.274. The molecule has 0 spiro atoms. The number of nitrogens with one attached hydrogen (secondary N) is 1. The van der Waals surface area contributed by atoms with Gasteiger partial charge in [0, 0.05) is 25.8 Å². The highest BCUT2D eigenvalue weighted by Gasteiger charge is 2.17. The molecule has 0 aliphatic carbocycles. The van der Waals surface area contributed by atoms with Crippen molar-refractivity contribution in [3.05, 3.63) is 35.5 Å². The molecule has 0 unspecified atom stereocenters. The Morgan fingerprint density at radius 2 is 2.00 bits per heavy atom. The van der Waals surface area contributed by atoms with E-state index in [0.29, 0.717) is 18.0 Å². The van der Waals surface area contributed by atoms with Gasteiger partial charge in [0.15, 0.2) is 11.5 Å². The van der Waals surface area contributed by atoms with Crippen LogP contribution in [-0.4, -0.2) is 54.1 Å². The van der Waals surface area contributed by atoms with E-state index < -0.39 is 5.91 Å². The number of nitriles is 1. The van der Waals surface area contributed by atoms with Crippen LogP contribution < -0.4 is 14.8 Å². The molecule has 0 bridgehead atoms. The predicted molar refractivity (Wildman–Crippen MR) is 83.9 cm³/mol. The minimum absolute atomic E-state index is 0.0561. The SMILES string of the molecule is N#C/C(=C/NCc1ccc2c(c1)OCO2)C(=O)N(CCO)CCO. The molecule has 2 rings (SSSR count). The smallest absolute Gasteiger partial charge is 0.266 e. The Kier molecular flexibility index (Phi) is 6.42. The summed E-state index contributed by atoms with van der Waals surface area (Å²) >= 11 is 0. The fourth-order valence-corrected chi connectivity index (χ4v) is 2.19. The van der Waals surface area contributed by atoms with Crippen LogP contribution in [0.5, 0.6) is 11.5 Å². The van der Waals surface area contributed by atoms with E-state index in [1.54, 1.807) is 6.07 Å². The van der Waals surface area contributed by atoms with Crippen LogP contribution in [0.2, 0.25) is 0 Å². The summed E-state index contributed by atoms with van der Waals surface area (Å²) in [5.74, 6) is 0.802. The number of fused-ring (bicyclic) bond motifs is 1. The highest BCUT2D eigenvalue weighted by Crippen LogP contribution is 2.32. The fourth-order valence-electron chi connectivity index (χ4n) is 2.19.